The van der Waals surface area contributed by atoms with E-state index in [1.807, 2.05) is 6.07 Å². The van der Waals surface area contributed by atoms with Gasteiger partial charge in [-0.25, -0.2) is 0 Å². The van der Waals surface area contributed by atoms with Crippen LogP contribution in [0.3, 0.4) is 0 Å². The Kier molecular flexibility index (Phi) is 7.38. The molecule has 41 heavy (non-hydrogen) atoms. The first kappa shape index (κ1) is 27.9. The molecule has 6 rings (SSSR count). The predicted molar refractivity (Wildman–Crippen MR) is 158 cm³/mol. The third-order valence-electron chi connectivity index (χ3n) is 8.86. The first-order valence-corrected chi connectivity index (χ1v) is 15.4. The molecule has 2 saturated heterocycles. The van der Waals surface area contributed by atoms with Gasteiger partial charge in [-0.05, 0) is 73.4 Å². The van der Waals surface area contributed by atoms with Crippen LogP contribution in [0.4, 0.5) is 10.8 Å². The Morgan fingerprint density at radius 1 is 1.24 bits per heavy atom. The van der Waals surface area contributed by atoms with Crippen molar-refractivity contribution in [3.05, 3.63) is 28.0 Å². The molecule has 11 nitrogen and oxygen atoms in total. The summed E-state index contributed by atoms with van der Waals surface area (Å²) in [5.74, 6) is 1.63. The van der Waals surface area contributed by atoms with E-state index in [0.717, 1.165) is 68.0 Å². The third-order valence-corrected chi connectivity index (χ3v) is 9.94. The monoisotopic (exact) mass is 577 g/mol. The summed E-state index contributed by atoms with van der Waals surface area (Å²) in [6.07, 6.45) is 4.82. The Balaban J connectivity index is 1.37. The van der Waals surface area contributed by atoms with Crippen LogP contribution in [0.15, 0.2) is 10.6 Å². The van der Waals surface area contributed by atoms with E-state index >= 15 is 0 Å². The predicted octanol–water partition coefficient (Wildman–Crippen LogP) is 3.73. The topological polar surface area (TPSA) is 142 Å². The van der Waals surface area contributed by atoms with E-state index < -0.39 is 5.41 Å². The smallest absolute Gasteiger partial charge is 0.319 e. The second-order valence-corrected chi connectivity index (χ2v) is 13.3. The zero-order valence-corrected chi connectivity index (χ0v) is 25.3. The summed E-state index contributed by atoms with van der Waals surface area (Å²) in [6.45, 7) is 11.2. The zero-order chi connectivity index (χ0) is 28.9. The fourth-order valence-electron chi connectivity index (χ4n) is 6.89. The number of aromatic nitrogens is 4. The van der Waals surface area contributed by atoms with Crippen LogP contribution in [0.5, 0.6) is 6.01 Å². The van der Waals surface area contributed by atoms with Crippen LogP contribution in [0.25, 0.3) is 11.5 Å². The quantitative estimate of drug-likeness (QED) is 0.442. The Labute approximate surface area is 245 Å². The lowest BCUT2D eigenvalue weighted by Gasteiger charge is -2.37. The van der Waals surface area contributed by atoms with E-state index in [-0.39, 0.29) is 6.10 Å². The molecule has 5 atom stereocenters. The fourth-order valence-corrected chi connectivity index (χ4v) is 8.08. The van der Waals surface area contributed by atoms with Crippen molar-refractivity contribution in [1.29, 1.82) is 5.26 Å². The minimum Gasteiger partial charge on any atom is -0.459 e. The van der Waals surface area contributed by atoms with E-state index in [9.17, 15) is 5.26 Å². The molecule has 218 valence electrons. The molecule has 2 fully saturated rings. The lowest BCUT2D eigenvalue weighted by molar-refractivity contribution is 0.112. The molecule has 1 aliphatic carbocycles. The van der Waals surface area contributed by atoms with Gasteiger partial charge in [0.1, 0.15) is 28.7 Å². The van der Waals surface area contributed by atoms with E-state index in [4.69, 9.17) is 29.9 Å². The van der Waals surface area contributed by atoms with Gasteiger partial charge in [0.05, 0.1) is 11.0 Å². The number of aryl methyl sites for hydroxylation is 1. The highest BCUT2D eigenvalue weighted by Gasteiger charge is 2.43. The van der Waals surface area contributed by atoms with Gasteiger partial charge in [-0.15, -0.1) is 11.3 Å². The summed E-state index contributed by atoms with van der Waals surface area (Å²) in [4.78, 5) is 20.3. The van der Waals surface area contributed by atoms with Gasteiger partial charge in [-0.1, -0.05) is 5.16 Å². The molecule has 0 spiro atoms. The van der Waals surface area contributed by atoms with Crippen LogP contribution in [0, 0.1) is 11.3 Å². The number of hydrogen-bond donors (Lipinski definition) is 2. The second kappa shape index (κ2) is 10.9. The number of fused-ring (bicyclic) bond motifs is 1. The highest BCUT2D eigenvalue weighted by molar-refractivity contribution is 7.16. The van der Waals surface area contributed by atoms with Gasteiger partial charge in [0, 0.05) is 47.7 Å². The number of nitriles is 1. The van der Waals surface area contributed by atoms with Crippen molar-refractivity contribution < 1.29 is 9.26 Å². The van der Waals surface area contributed by atoms with Gasteiger partial charge in [0.25, 0.3) is 0 Å². The summed E-state index contributed by atoms with van der Waals surface area (Å²) in [5, 5.41) is 18.4. The number of nitrogen functional groups attached to an aromatic ring is 1. The number of thiophene rings is 1. The van der Waals surface area contributed by atoms with Crippen molar-refractivity contribution in [2.24, 2.45) is 0 Å². The molecule has 12 heteroatoms. The van der Waals surface area contributed by atoms with E-state index in [2.05, 4.69) is 61.1 Å². The van der Waals surface area contributed by atoms with Gasteiger partial charge < -0.3 is 25.2 Å². The summed E-state index contributed by atoms with van der Waals surface area (Å²) >= 11 is 1.49. The lowest BCUT2D eigenvalue weighted by atomic mass is 9.72. The molecule has 0 bridgehead atoms. The fraction of sp³-hybridized carbons (Fsp3) is 0.621. The molecule has 0 amide bonds. The molecule has 0 aromatic carbocycles. The lowest BCUT2D eigenvalue weighted by Crippen LogP contribution is -2.54. The first-order valence-electron chi connectivity index (χ1n) is 14.6. The maximum Gasteiger partial charge on any atom is 0.319 e. The van der Waals surface area contributed by atoms with Crippen molar-refractivity contribution in [3.63, 3.8) is 0 Å². The molecule has 3 aromatic heterocycles. The number of likely N-dealkylation sites (N-methyl/N-ethyl adjacent to an activating group) is 1. The number of anilines is 2. The van der Waals surface area contributed by atoms with Crippen LogP contribution in [0.2, 0.25) is 0 Å². The van der Waals surface area contributed by atoms with E-state index in [0.29, 0.717) is 52.1 Å². The Hall–Kier alpha value is -3.27. The SMILES string of the molecule is C[C@@H]1CN(c2cc(-c3noc([C@@]4(C)CCCc5sc(N)c(C#N)c54)n3)nc(O[C@@H](C)[C@@H]3CCCN3C)n2)C[C@@H](C)N1. The summed E-state index contributed by atoms with van der Waals surface area (Å²) in [7, 11) is 2.14. The molecule has 0 radical (unpaired) electrons. The highest BCUT2D eigenvalue weighted by atomic mass is 32.1. The molecular formula is C29H39N9O2S. The van der Waals surface area contributed by atoms with Crippen LogP contribution >= 0.6 is 11.3 Å². The van der Waals surface area contributed by atoms with Crippen LogP contribution < -0.4 is 20.7 Å². The molecule has 3 aliphatic rings. The molecule has 3 N–H and O–H groups in total. The Morgan fingerprint density at radius 2 is 2.02 bits per heavy atom. The maximum absolute atomic E-state index is 9.88. The van der Waals surface area contributed by atoms with Gasteiger partial charge in [0.2, 0.25) is 11.7 Å². The number of nitrogens with two attached hydrogens (primary N) is 1. The van der Waals surface area contributed by atoms with Crippen LogP contribution in [-0.2, 0) is 11.8 Å². The number of nitrogens with zero attached hydrogens (tertiary/aromatic N) is 7. The average Bonchev–Trinajstić information content (AvgIpc) is 3.67. The van der Waals surface area contributed by atoms with Gasteiger partial charge in [-0.2, -0.15) is 20.2 Å². The van der Waals surface area contributed by atoms with E-state index in [1.165, 1.54) is 11.3 Å². The molecular weight excluding hydrogens is 538 g/mol. The Bertz CT molecular complexity index is 1450. The summed E-state index contributed by atoms with van der Waals surface area (Å²) in [6, 6.07) is 5.51. The number of ether oxygens (including phenoxy) is 1. The van der Waals surface area contributed by atoms with Crippen molar-refractivity contribution in [2.45, 2.75) is 89.4 Å². The minimum atomic E-state index is -0.599. The molecule has 5 heterocycles. The third kappa shape index (κ3) is 5.15. The Morgan fingerprint density at radius 3 is 2.73 bits per heavy atom. The van der Waals surface area contributed by atoms with Crippen molar-refractivity contribution in [2.75, 3.05) is 37.3 Å². The normalized spacial score (nSPS) is 27.4. The second-order valence-electron chi connectivity index (χ2n) is 12.1. The number of rotatable bonds is 6. The standard InChI is InChI=1S/C29H39N9O2S/c1-16-14-38(15-17(2)32-16)23-12-20(33-28(34-23)39-18(3)21-8-7-11-37(21)5)26-35-27(40-36-26)29(4)10-6-9-22-24(29)19(13-30)25(31)41-22/h12,16-18,21,32H,6-11,14-15,31H2,1-5H3/t16-,17-,18+,21+,29+/m1/s1. The summed E-state index contributed by atoms with van der Waals surface area (Å²) in [5.41, 5.74) is 7.64. The number of nitrogens with one attached hydrogen (secondary N) is 1. The van der Waals surface area contributed by atoms with E-state index in [1.54, 1.807) is 0 Å². The maximum atomic E-state index is 9.88. The molecule has 0 saturated carbocycles. The molecule has 2 aliphatic heterocycles. The number of likely N-dealkylation sites (tertiary alicyclic amines) is 1. The molecule has 0 unspecified atom stereocenters. The minimum absolute atomic E-state index is 0.0691. The number of piperazine rings is 1. The average molecular weight is 578 g/mol. The highest BCUT2D eigenvalue weighted by Crippen LogP contribution is 2.48. The summed E-state index contributed by atoms with van der Waals surface area (Å²) < 4.78 is 12.3. The van der Waals surface area contributed by atoms with Crippen LogP contribution in [-0.4, -0.2) is 75.9 Å². The van der Waals surface area contributed by atoms with Crippen molar-refractivity contribution in [1.82, 2.24) is 30.3 Å². The first-order chi connectivity index (χ1) is 19.7. The number of hydrogen-bond acceptors (Lipinski definition) is 12. The van der Waals surface area contributed by atoms with Crippen LogP contribution in [0.1, 0.15) is 75.3 Å². The largest absolute Gasteiger partial charge is 0.459 e. The van der Waals surface area contributed by atoms with Crippen molar-refractivity contribution in [3.8, 4) is 23.6 Å². The van der Waals surface area contributed by atoms with Gasteiger partial charge >= 0.3 is 6.01 Å². The molecule has 3 aromatic rings. The van der Waals surface area contributed by atoms with Gasteiger partial charge in [-0.3, -0.25) is 4.90 Å². The zero-order valence-electron chi connectivity index (χ0n) is 24.5. The van der Waals surface area contributed by atoms with Gasteiger partial charge in [0.15, 0.2) is 0 Å². The van der Waals surface area contributed by atoms with Crippen molar-refractivity contribution >= 4 is 22.2 Å².